The first-order valence-corrected chi connectivity index (χ1v) is 8.23. The van der Waals surface area contributed by atoms with Crippen LogP contribution in [0.3, 0.4) is 0 Å². The molecule has 0 amide bonds. The zero-order valence-electron chi connectivity index (χ0n) is 13.8. The van der Waals surface area contributed by atoms with Gasteiger partial charge in [0, 0.05) is 16.7 Å². The van der Waals surface area contributed by atoms with E-state index >= 15 is 0 Å². The van der Waals surface area contributed by atoms with Crippen LogP contribution in [-0.4, -0.2) is 13.2 Å². The van der Waals surface area contributed by atoms with Crippen LogP contribution in [0.2, 0.25) is 0 Å². The Hall–Kier alpha value is -1.92. The van der Waals surface area contributed by atoms with Crippen molar-refractivity contribution in [3.63, 3.8) is 0 Å². The molecule has 2 aromatic rings. The lowest BCUT2D eigenvalue weighted by molar-refractivity contribution is -0.182. The van der Waals surface area contributed by atoms with Gasteiger partial charge in [-0.3, -0.25) is 0 Å². The van der Waals surface area contributed by atoms with E-state index in [9.17, 15) is 17.6 Å². The molecule has 0 aromatic heterocycles. The molecule has 0 bridgehead atoms. The van der Waals surface area contributed by atoms with Gasteiger partial charge < -0.3 is 9.47 Å². The Morgan fingerprint density at radius 1 is 0.920 bits per heavy atom. The normalized spacial score (nSPS) is 15.6. The molecule has 1 aliphatic rings. The number of benzene rings is 2. The van der Waals surface area contributed by atoms with Crippen molar-refractivity contribution in [3.05, 3.63) is 58.7 Å². The van der Waals surface area contributed by atoms with Gasteiger partial charge in [-0.2, -0.15) is 0 Å². The third kappa shape index (κ3) is 3.41. The van der Waals surface area contributed by atoms with Crippen molar-refractivity contribution in [2.45, 2.75) is 32.5 Å². The summed E-state index contributed by atoms with van der Waals surface area (Å²) in [7, 11) is 0. The molecule has 0 saturated carbocycles. The number of halogens is 4. The Bertz CT molecular complexity index is 771. The van der Waals surface area contributed by atoms with Crippen LogP contribution in [0.1, 0.15) is 37.2 Å². The van der Waals surface area contributed by atoms with E-state index < -0.39 is 29.6 Å². The van der Waals surface area contributed by atoms with Gasteiger partial charge in [0.25, 0.3) is 0 Å². The molecular formula is C19H18F4O2. The van der Waals surface area contributed by atoms with Gasteiger partial charge in [-0.1, -0.05) is 31.5 Å². The Morgan fingerprint density at radius 2 is 1.64 bits per heavy atom. The van der Waals surface area contributed by atoms with E-state index in [1.165, 1.54) is 18.2 Å². The van der Waals surface area contributed by atoms with Gasteiger partial charge in [0.1, 0.15) is 0 Å². The fourth-order valence-corrected chi connectivity index (χ4v) is 2.95. The maximum Gasteiger partial charge on any atom is 0.184 e. The van der Waals surface area contributed by atoms with E-state index in [-0.39, 0.29) is 22.3 Å². The van der Waals surface area contributed by atoms with Gasteiger partial charge >= 0.3 is 0 Å². The summed E-state index contributed by atoms with van der Waals surface area (Å²) >= 11 is 0. The molecule has 2 nitrogen and oxygen atoms in total. The summed E-state index contributed by atoms with van der Waals surface area (Å²) in [6.45, 7) is 2.61. The summed E-state index contributed by atoms with van der Waals surface area (Å²) in [5.41, 5.74) is -0.374. The van der Waals surface area contributed by atoms with E-state index in [2.05, 4.69) is 0 Å². The molecule has 0 aliphatic carbocycles. The molecule has 2 aromatic carbocycles. The van der Waals surface area contributed by atoms with Crippen molar-refractivity contribution in [1.29, 1.82) is 0 Å². The van der Waals surface area contributed by atoms with Crippen molar-refractivity contribution < 1.29 is 27.0 Å². The number of hydrogen-bond acceptors (Lipinski definition) is 2. The minimum absolute atomic E-state index is 0.139. The highest BCUT2D eigenvalue weighted by Crippen LogP contribution is 2.37. The summed E-state index contributed by atoms with van der Waals surface area (Å²) < 4.78 is 68.0. The van der Waals surface area contributed by atoms with Crippen LogP contribution in [0.15, 0.2) is 24.3 Å². The Kier molecular flexibility index (Phi) is 5.39. The molecule has 0 atom stereocenters. The molecular weight excluding hydrogens is 336 g/mol. The predicted molar refractivity (Wildman–Crippen MR) is 85.0 cm³/mol. The Balaban J connectivity index is 2.16. The van der Waals surface area contributed by atoms with Gasteiger partial charge in [-0.25, -0.2) is 17.6 Å². The first-order valence-electron chi connectivity index (χ1n) is 8.23. The standard InChI is InChI=1S/C19H18F4O2/c1-2-4-11-5-6-12(17(22)16(11)21)15-13(7-8-14(20)18(15)23)19-24-9-3-10-25-19/h5-8,19H,2-4,9-10H2,1H3. The summed E-state index contributed by atoms with van der Waals surface area (Å²) in [4.78, 5) is 0. The third-order valence-electron chi connectivity index (χ3n) is 4.16. The van der Waals surface area contributed by atoms with Crippen molar-refractivity contribution in [1.82, 2.24) is 0 Å². The van der Waals surface area contributed by atoms with Crippen LogP contribution in [0.25, 0.3) is 11.1 Å². The van der Waals surface area contributed by atoms with Crippen LogP contribution >= 0.6 is 0 Å². The molecule has 134 valence electrons. The maximum atomic E-state index is 14.6. The van der Waals surface area contributed by atoms with Crippen molar-refractivity contribution in [2.24, 2.45) is 0 Å². The highest BCUT2D eigenvalue weighted by Gasteiger charge is 2.27. The molecule has 0 N–H and O–H groups in total. The zero-order valence-corrected chi connectivity index (χ0v) is 13.8. The lowest BCUT2D eigenvalue weighted by Crippen LogP contribution is -2.19. The monoisotopic (exact) mass is 354 g/mol. The predicted octanol–water partition coefficient (Wildman–Crippen LogP) is 5.30. The molecule has 3 rings (SSSR count). The van der Waals surface area contributed by atoms with E-state index in [0.717, 1.165) is 6.07 Å². The summed E-state index contributed by atoms with van der Waals surface area (Å²) in [5, 5.41) is 0. The first kappa shape index (κ1) is 17.9. The van der Waals surface area contributed by atoms with E-state index in [0.29, 0.717) is 32.5 Å². The molecule has 1 saturated heterocycles. The minimum Gasteiger partial charge on any atom is -0.348 e. The summed E-state index contributed by atoms with van der Waals surface area (Å²) in [6.07, 6.45) is 0.719. The number of rotatable bonds is 4. The second-order valence-corrected chi connectivity index (χ2v) is 5.90. The lowest BCUT2D eigenvalue weighted by atomic mass is 9.95. The van der Waals surface area contributed by atoms with E-state index in [1.807, 2.05) is 6.92 Å². The highest BCUT2D eigenvalue weighted by molar-refractivity contribution is 5.70. The molecule has 6 heteroatoms. The Labute approximate surface area is 143 Å². The average Bonchev–Trinajstić information content (AvgIpc) is 2.63. The molecule has 1 aliphatic heterocycles. The fraction of sp³-hybridized carbons (Fsp3) is 0.368. The minimum atomic E-state index is -1.25. The zero-order chi connectivity index (χ0) is 18.0. The van der Waals surface area contributed by atoms with E-state index in [1.54, 1.807) is 0 Å². The van der Waals surface area contributed by atoms with Gasteiger partial charge in [0.15, 0.2) is 29.6 Å². The van der Waals surface area contributed by atoms with Gasteiger partial charge in [-0.05, 0) is 24.5 Å². The summed E-state index contributed by atoms with van der Waals surface area (Å²) in [5.74, 6) is -4.64. The highest BCUT2D eigenvalue weighted by atomic mass is 19.2. The maximum absolute atomic E-state index is 14.6. The fourth-order valence-electron chi connectivity index (χ4n) is 2.95. The number of ether oxygens (including phenoxy) is 2. The van der Waals surface area contributed by atoms with Crippen LogP contribution in [-0.2, 0) is 15.9 Å². The van der Waals surface area contributed by atoms with Crippen molar-refractivity contribution in [2.75, 3.05) is 13.2 Å². The molecule has 25 heavy (non-hydrogen) atoms. The lowest BCUT2D eigenvalue weighted by Gasteiger charge is -2.26. The SMILES string of the molecule is CCCc1ccc(-c2c(C3OCCCO3)ccc(F)c2F)c(F)c1F. The first-order chi connectivity index (χ1) is 12.0. The quantitative estimate of drug-likeness (QED) is 0.694. The van der Waals surface area contributed by atoms with Gasteiger partial charge in [0.05, 0.1) is 13.2 Å². The molecule has 0 unspecified atom stereocenters. The second-order valence-electron chi connectivity index (χ2n) is 5.90. The summed E-state index contributed by atoms with van der Waals surface area (Å²) in [6, 6.07) is 4.87. The molecule has 1 fully saturated rings. The molecule has 0 spiro atoms. The van der Waals surface area contributed by atoms with Crippen molar-refractivity contribution in [3.8, 4) is 11.1 Å². The van der Waals surface area contributed by atoms with Crippen LogP contribution in [0.5, 0.6) is 0 Å². The molecule has 1 heterocycles. The topological polar surface area (TPSA) is 18.5 Å². The van der Waals surface area contributed by atoms with Gasteiger partial charge in [0.2, 0.25) is 0 Å². The van der Waals surface area contributed by atoms with Gasteiger partial charge in [-0.15, -0.1) is 0 Å². The van der Waals surface area contributed by atoms with Crippen LogP contribution < -0.4 is 0 Å². The van der Waals surface area contributed by atoms with E-state index in [4.69, 9.17) is 9.47 Å². The van der Waals surface area contributed by atoms with Crippen molar-refractivity contribution >= 4 is 0 Å². The van der Waals surface area contributed by atoms with Crippen LogP contribution in [0.4, 0.5) is 17.6 Å². The smallest absolute Gasteiger partial charge is 0.184 e. The third-order valence-corrected chi connectivity index (χ3v) is 4.16. The second kappa shape index (κ2) is 7.54. The largest absolute Gasteiger partial charge is 0.348 e. The molecule has 0 radical (unpaired) electrons. The number of aryl methyl sites for hydroxylation is 1. The Morgan fingerprint density at radius 3 is 2.32 bits per heavy atom. The number of hydrogen-bond donors (Lipinski definition) is 0. The average molecular weight is 354 g/mol. The van der Waals surface area contributed by atoms with Crippen LogP contribution in [0, 0.1) is 23.3 Å².